The van der Waals surface area contributed by atoms with Gasteiger partial charge >= 0.3 is 0 Å². The zero-order valence-electron chi connectivity index (χ0n) is 19.2. The van der Waals surface area contributed by atoms with Crippen LogP contribution in [0.25, 0.3) is 0 Å². The van der Waals surface area contributed by atoms with Gasteiger partial charge in [-0.3, -0.25) is 13.9 Å². The van der Waals surface area contributed by atoms with Gasteiger partial charge in [-0.2, -0.15) is 0 Å². The van der Waals surface area contributed by atoms with Crippen LogP contribution in [0, 0.1) is 0 Å². The third kappa shape index (κ3) is 6.73. The van der Waals surface area contributed by atoms with E-state index in [-0.39, 0.29) is 18.5 Å². The molecule has 184 valence electrons. The summed E-state index contributed by atoms with van der Waals surface area (Å²) in [5, 5.41) is 3.50. The minimum atomic E-state index is -3.79. The van der Waals surface area contributed by atoms with E-state index in [0.717, 1.165) is 36.2 Å². The van der Waals surface area contributed by atoms with Gasteiger partial charge in [-0.25, -0.2) is 8.42 Å². The summed E-state index contributed by atoms with van der Waals surface area (Å²) in [6.45, 7) is 1.28. The van der Waals surface area contributed by atoms with E-state index in [1.54, 1.807) is 55.5 Å². The molecule has 1 aliphatic carbocycles. The van der Waals surface area contributed by atoms with Gasteiger partial charge in [-0.15, -0.1) is 0 Å². The molecule has 1 saturated carbocycles. The van der Waals surface area contributed by atoms with Crippen molar-refractivity contribution in [3.63, 3.8) is 0 Å². The molecule has 1 fully saturated rings. The first-order chi connectivity index (χ1) is 16.1. The molecule has 3 rings (SSSR count). The van der Waals surface area contributed by atoms with Crippen molar-refractivity contribution >= 4 is 55.1 Å². The van der Waals surface area contributed by atoms with Crippen LogP contribution in [0.3, 0.4) is 0 Å². The molecule has 0 heterocycles. The fourth-order valence-corrected chi connectivity index (χ4v) is 5.71. The Morgan fingerprint density at radius 2 is 1.74 bits per heavy atom. The molecular weight excluding hydrogens is 542 g/mol. The Balaban J connectivity index is 1.90. The normalized spacial score (nSPS) is 15.1. The third-order valence-electron chi connectivity index (χ3n) is 5.97. The van der Waals surface area contributed by atoms with Crippen LogP contribution < -0.4 is 9.62 Å². The molecule has 2 aromatic rings. The molecule has 0 bridgehead atoms. The average Bonchev–Trinajstić information content (AvgIpc) is 3.29. The number of nitrogens with zero attached hydrogens (tertiary/aromatic N) is 2. The second-order valence-electron chi connectivity index (χ2n) is 8.50. The molecule has 0 aromatic heterocycles. The lowest BCUT2D eigenvalue weighted by molar-refractivity contribution is -0.139. The Bertz CT molecular complexity index is 1140. The van der Waals surface area contributed by atoms with Crippen molar-refractivity contribution in [2.45, 2.75) is 51.2 Å². The number of amides is 2. The summed E-state index contributed by atoms with van der Waals surface area (Å²) in [7, 11) is -3.79. The monoisotopic (exact) mass is 569 g/mol. The first-order valence-corrected chi connectivity index (χ1v) is 14.2. The van der Waals surface area contributed by atoms with Crippen LogP contribution >= 0.6 is 27.5 Å². The second kappa shape index (κ2) is 11.6. The first kappa shape index (κ1) is 26.5. The number of nitrogens with one attached hydrogen (secondary N) is 1. The molecular formula is C24H29BrClN3O4S. The number of halogens is 2. The van der Waals surface area contributed by atoms with E-state index >= 15 is 0 Å². The van der Waals surface area contributed by atoms with Gasteiger partial charge in [-0.1, -0.05) is 54.8 Å². The van der Waals surface area contributed by atoms with Crippen LogP contribution in [0.15, 0.2) is 53.0 Å². The second-order valence-corrected chi connectivity index (χ2v) is 11.7. The predicted octanol–water partition coefficient (Wildman–Crippen LogP) is 4.34. The number of para-hydroxylation sites is 1. The van der Waals surface area contributed by atoms with E-state index in [4.69, 9.17) is 11.6 Å². The average molecular weight is 571 g/mol. The lowest BCUT2D eigenvalue weighted by Crippen LogP contribution is -2.52. The van der Waals surface area contributed by atoms with Crippen molar-refractivity contribution in [1.82, 2.24) is 10.2 Å². The summed E-state index contributed by atoms with van der Waals surface area (Å²) < 4.78 is 26.8. The van der Waals surface area contributed by atoms with Crippen molar-refractivity contribution in [3.05, 3.63) is 63.6 Å². The summed E-state index contributed by atoms with van der Waals surface area (Å²) in [5.74, 6) is -0.769. The Labute approximate surface area is 214 Å². The fourth-order valence-electron chi connectivity index (χ4n) is 4.03. The number of anilines is 1. The minimum absolute atomic E-state index is 0.0747. The number of benzene rings is 2. The van der Waals surface area contributed by atoms with E-state index in [1.165, 1.54) is 4.90 Å². The summed E-state index contributed by atoms with van der Waals surface area (Å²) in [5.41, 5.74) is 1.02. The summed E-state index contributed by atoms with van der Waals surface area (Å²) in [6.07, 6.45) is 5.02. The van der Waals surface area contributed by atoms with Crippen molar-refractivity contribution in [2.75, 3.05) is 17.1 Å². The molecule has 0 spiro atoms. The maximum Gasteiger partial charge on any atom is 0.244 e. The number of carbonyl (C=O) groups excluding carboxylic acids is 2. The van der Waals surface area contributed by atoms with E-state index in [0.29, 0.717) is 20.7 Å². The SMILES string of the molecule is C[C@@H](C(=O)NC1CCCC1)N(Cc1ccccc1Cl)C(=O)CN(c1ccccc1Br)S(C)(=O)=O. The van der Waals surface area contributed by atoms with E-state index in [2.05, 4.69) is 21.2 Å². The topological polar surface area (TPSA) is 86.8 Å². The van der Waals surface area contributed by atoms with Crippen LogP contribution in [0.4, 0.5) is 5.69 Å². The zero-order valence-corrected chi connectivity index (χ0v) is 22.4. The Hall–Kier alpha value is -2.10. The Kier molecular flexibility index (Phi) is 9.01. The largest absolute Gasteiger partial charge is 0.352 e. The molecule has 2 aromatic carbocycles. The standard InChI is InChI=1S/C24H29BrClN3O4S/c1-17(24(31)27-19-10-4-5-11-19)28(15-18-9-3-7-13-21(18)26)23(30)16-29(34(2,32)33)22-14-8-6-12-20(22)25/h3,6-9,12-14,17,19H,4-5,10-11,15-16H2,1-2H3,(H,27,31)/t17-/m0/s1. The van der Waals surface area contributed by atoms with Gasteiger partial charge in [-0.05, 0) is 59.5 Å². The molecule has 1 N–H and O–H groups in total. The fraction of sp³-hybridized carbons (Fsp3) is 0.417. The van der Waals surface area contributed by atoms with Crippen LogP contribution in [0.5, 0.6) is 0 Å². The number of carbonyl (C=O) groups is 2. The molecule has 0 unspecified atom stereocenters. The van der Waals surface area contributed by atoms with Crippen molar-refractivity contribution in [3.8, 4) is 0 Å². The Morgan fingerprint density at radius 3 is 2.35 bits per heavy atom. The molecule has 2 amide bonds. The number of sulfonamides is 1. The van der Waals surface area contributed by atoms with Crippen LogP contribution in [0.1, 0.15) is 38.2 Å². The van der Waals surface area contributed by atoms with Crippen molar-refractivity contribution in [1.29, 1.82) is 0 Å². The zero-order chi connectivity index (χ0) is 24.9. The predicted molar refractivity (Wildman–Crippen MR) is 138 cm³/mol. The summed E-state index contributed by atoms with van der Waals surface area (Å²) >= 11 is 9.71. The van der Waals surface area contributed by atoms with Crippen LogP contribution in [-0.4, -0.2) is 50.0 Å². The molecule has 10 heteroatoms. The van der Waals surface area contributed by atoms with Gasteiger partial charge in [0.25, 0.3) is 0 Å². The molecule has 1 aliphatic rings. The maximum absolute atomic E-state index is 13.6. The number of rotatable bonds is 9. The molecule has 7 nitrogen and oxygen atoms in total. The Morgan fingerprint density at radius 1 is 1.12 bits per heavy atom. The quantitative estimate of drug-likeness (QED) is 0.486. The smallest absolute Gasteiger partial charge is 0.244 e. The minimum Gasteiger partial charge on any atom is -0.352 e. The van der Waals surface area contributed by atoms with E-state index < -0.39 is 28.5 Å². The summed E-state index contributed by atoms with van der Waals surface area (Å²) in [6, 6.07) is 13.1. The van der Waals surface area contributed by atoms with Crippen LogP contribution in [-0.2, 0) is 26.2 Å². The highest BCUT2D eigenvalue weighted by atomic mass is 79.9. The van der Waals surface area contributed by atoms with E-state index in [9.17, 15) is 18.0 Å². The van der Waals surface area contributed by atoms with Crippen LogP contribution in [0.2, 0.25) is 5.02 Å². The van der Waals surface area contributed by atoms with Gasteiger partial charge in [0, 0.05) is 22.1 Å². The molecule has 0 aliphatic heterocycles. The van der Waals surface area contributed by atoms with E-state index in [1.807, 2.05) is 0 Å². The first-order valence-electron chi connectivity index (χ1n) is 11.1. The lowest BCUT2D eigenvalue weighted by Gasteiger charge is -2.32. The molecule has 34 heavy (non-hydrogen) atoms. The molecule has 0 saturated heterocycles. The third-order valence-corrected chi connectivity index (χ3v) is 8.13. The van der Waals surface area contributed by atoms with Gasteiger partial charge in [0.15, 0.2) is 0 Å². The van der Waals surface area contributed by atoms with Crippen molar-refractivity contribution < 1.29 is 18.0 Å². The highest BCUT2D eigenvalue weighted by Crippen LogP contribution is 2.28. The van der Waals surface area contributed by atoms with Gasteiger partial charge in [0.2, 0.25) is 21.8 Å². The molecule has 1 atom stereocenters. The van der Waals surface area contributed by atoms with Gasteiger partial charge < -0.3 is 10.2 Å². The number of hydrogen-bond donors (Lipinski definition) is 1. The summed E-state index contributed by atoms with van der Waals surface area (Å²) in [4.78, 5) is 28.0. The maximum atomic E-state index is 13.6. The van der Waals surface area contributed by atoms with Crippen molar-refractivity contribution in [2.24, 2.45) is 0 Å². The lowest BCUT2D eigenvalue weighted by atomic mass is 10.1. The van der Waals surface area contributed by atoms with Gasteiger partial charge in [0.05, 0.1) is 11.9 Å². The van der Waals surface area contributed by atoms with Gasteiger partial charge in [0.1, 0.15) is 12.6 Å². The molecule has 0 radical (unpaired) electrons. The highest BCUT2D eigenvalue weighted by molar-refractivity contribution is 9.10. The number of hydrogen-bond acceptors (Lipinski definition) is 4. The highest BCUT2D eigenvalue weighted by Gasteiger charge is 2.32.